The number of methoxy groups -OCH3 is 2. The van der Waals surface area contributed by atoms with Gasteiger partial charge in [0.1, 0.15) is 11.5 Å². The van der Waals surface area contributed by atoms with E-state index in [1.165, 1.54) is 50.8 Å². The second kappa shape index (κ2) is 57.5. The fraction of sp³-hybridized carbons (Fsp3) is 0.273. The SMILES string of the molecule is CO.CO.CO.CO.COc1cccc(C=NCCCN=Cc2ccccc2[O-])c1[O-].COc1cccc(C=NCCCN=Cc2ccccc2[O-])c1[O-].N#CN=C=[N-].N#CN=C=[N-].[Mn+2].[Ni+2].[Ni+2]. The quantitative estimate of drug-likeness (QED) is 0.0612. The Kier molecular flexibility index (Phi) is 64.1. The molecule has 4 aromatic carbocycles. The average molecular weight is 1050 g/mol. The van der Waals surface area contributed by atoms with Crippen molar-refractivity contribution in [2.75, 3.05) is 68.8 Å². The van der Waals surface area contributed by atoms with Crippen LogP contribution in [0, 0.1) is 22.9 Å². The zero-order valence-electron chi connectivity index (χ0n) is 37.4. The first kappa shape index (κ1) is 74.8. The fourth-order valence-corrected chi connectivity index (χ4v) is 3.97. The Morgan fingerprint density at radius 3 is 1.00 bits per heavy atom. The van der Waals surface area contributed by atoms with Crippen molar-refractivity contribution in [3.05, 3.63) is 118 Å². The monoisotopic (exact) mass is 1050 g/mol. The number of hydrogen-bond acceptors (Lipinski definition) is 18. The van der Waals surface area contributed by atoms with E-state index in [4.69, 9.17) is 51.2 Å². The Morgan fingerprint density at radius 2 is 0.761 bits per heavy atom. The summed E-state index contributed by atoms with van der Waals surface area (Å²) >= 11 is 0. The number of nitrogens with zero attached hydrogens (tertiary/aromatic N) is 10. The van der Waals surface area contributed by atoms with Crippen molar-refractivity contribution in [3.63, 3.8) is 0 Å². The Balaban J connectivity index is -0.000000154. The van der Waals surface area contributed by atoms with Gasteiger partial charge in [0.05, 0.1) is 26.6 Å². The summed E-state index contributed by atoms with van der Waals surface area (Å²) in [6, 6.07) is 26.3. The van der Waals surface area contributed by atoms with Gasteiger partial charge in [-0.1, -0.05) is 84.3 Å². The molecule has 0 aliphatic heterocycles. The van der Waals surface area contributed by atoms with E-state index < -0.39 is 0 Å². The van der Waals surface area contributed by atoms with Gasteiger partial charge in [-0.25, -0.2) is 0 Å². The van der Waals surface area contributed by atoms with Gasteiger partial charge in [-0.3, -0.25) is 20.0 Å². The summed E-state index contributed by atoms with van der Waals surface area (Å²) in [7, 11) is 6.94. The Morgan fingerprint density at radius 1 is 0.493 bits per heavy atom. The van der Waals surface area contributed by atoms with E-state index in [-0.39, 0.29) is 73.0 Å². The summed E-state index contributed by atoms with van der Waals surface area (Å²) in [5.41, 5.74) is 2.19. The summed E-state index contributed by atoms with van der Waals surface area (Å²) in [5.74, 6) is 0.239. The smallest absolute Gasteiger partial charge is 0.872 e. The molecule has 4 aromatic rings. The van der Waals surface area contributed by atoms with Crippen LogP contribution in [0.25, 0.3) is 10.8 Å². The summed E-state index contributed by atoms with van der Waals surface area (Å²) in [5, 5.41) is 104. The maximum absolute atomic E-state index is 11.9. The van der Waals surface area contributed by atoms with E-state index in [2.05, 4.69) is 30.0 Å². The third kappa shape index (κ3) is 38.4. The Labute approximate surface area is 422 Å². The van der Waals surface area contributed by atoms with Gasteiger partial charge < -0.3 is 71.1 Å². The largest absolute Gasteiger partial charge is 2.00 e. The minimum Gasteiger partial charge on any atom is -0.872 e. The van der Waals surface area contributed by atoms with Crippen molar-refractivity contribution in [2.45, 2.75) is 12.8 Å². The van der Waals surface area contributed by atoms with E-state index in [9.17, 15) is 20.4 Å². The van der Waals surface area contributed by atoms with Crippen LogP contribution in [0.15, 0.2) is 115 Å². The molecule has 0 bridgehead atoms. The van der Waals surface area contributed by atoms with Crippen LogP contribution >= 0.6 is 0 Å². The van der Waals surface area contributed by atoms with Crippen molar-refractivity contribution in [1.82, 2.24) is 0 Å². The van der Waals surface area contributed by atoms with Gasteiger partial charge in [0.2, 0.25) is 0 Å². The molecular formula is C44H52MnN10Ni2O10. The molecule has 0 spiro atoms. The van der Waals surface area contributed by atoms with Crippen LogP contribution in [-0.2, 0) is 50.1 Å². The molecule has 0 aliphatic carbocycles. The number of para-hydroxylation sites is 4. The summed E-state index contributed by atoms with van der Waals surface area (Å²) in [6.45, 7) is 2.28. The second-order valence-corrected chi connectivity index (χ2v) is 10.3. The van der Waals surface area contributed by atoms with Gasteiger partial charge in [0.25, 0.3) is 0 Å². The van der Waals surface area contributed by atoms with Crippen molar-refractivity contribution < 1.29 is 100 Å². The number of aliphatic imine (C=N–C) groups is 6. The zero-order chi connectivity index (χ0) is 49.2. The van der Waals surface area contributed by atoms with Gasteiger partial charge in [-0.2, -0.15) is 10.5 Å². The van der Waals surface area contributed by atoms with Crippen LogP contribution < -0.4 is 29.9 Å². The molecule has 0 fully saturated rings. The van der Waals surface area contributed by atoms with Crippen LogP contribution in [0.4, 0.5) is 0 Å². The normalized spacial score (nSPS) is 8.72. The van der Waals surface area contributed by atoms with Crippen LogP contribution in [0.1, 0.15) is 35.1 Å². The maximum Gasteiger partial charge on any atom is 2.00 e. The maximum atomic E-state index is 11.9. The first-order chi connectivity index (χ1) is 31.3. The summed E-state index contributed by atoms with van der Waals surface area (Å²) < 4.78 is 9.96. The number of aliphatic hydroxyl groups excluding tert-OH is 4. The first-order valence-electron chi connectivity index (χ1n) is 18.2. The molecule has 1 radical (unpaired) electrons. The number of aliphatic hydroxyl groups is 4. The molecule has 0 heterocycles. The molecule has 67 heavy (non-hydrogen) atoms. The molecule has 0 amide bonds. The predicted octanol–water partition coefficient (Wildman–Crippen LogP) is 2.39. The molecule has 4 N–H and O–H groups in total. The molecule has 23 heteroatoms. The molecule has 20 nitrogen and oxygen atoms in total. The van der Waals surface area contributed by atoms with E-state index in [1.54, 1.807) is 85.5 Å². The average Bonchev–Trinajstić information content (AvgIpc) is 3.34. The van der Waals surface area contributed by atoms with Crippen molar-refractivity contribution in [2.24, 2.45) is 30.0 Å². The van der Waals surface area contributed by atoms with Gasteiger partial charge >= 0.3 is 50.1 Å². The predicted molar refractivity (Wildman–Crippen MR) is 241 cm³/mol. The number of benzene rings is 4. The molecule has 365 valence electrons. The summed E-state index contributed by atoms with van der Waals surface area (Å²) in [6.07, 6.45) is 10.3. The minimum atomic E-state index is -0.163. The molecule has 0 unspecified atom stereocenters. The van der Waals surface area contributed by atoms with Gasteiger partial charge in [0, 0.05) is 79.5 Å². The molecule has 0 aliphatic rings. The second-order valence-electron chi connectivity index (χ2n) is 10.3. The van der Waals surface area contributed by atoms with Crippen LogP contribution in [0.2, 0.25) is 0 Å². The zero-order valence-corrected chi connectivity index (χ0v) is 40.5. The van der Waals surface area contributed by atoms with Gasteiger partial charge in [0.15, 0.2) is 0 Å². The third-order valence-corrected chi connectivity index (χ3v) is 6.57. The van der Waals surface area contributed by atoms with E-state index in [0.717, 1.165) is 41.3 Å². The van der Waals surface area contributed by atoms with Gasteiger partial charge in [-0.05, 0) is 47.2 Å². The van der Waals surface area contributed by atoms with Crippen LogP contribution in [-0.4, -0.2) is 126 Å². The first-order valence-corrected chi connectivity index (χ1v) is 18.2. The van der Waals surface area contributed by atoms with Crippen molar-refractivity contribution >= 4 is 36.9 Å². The minimum absolute atomic E-state index is 0. The number of nitriles is 2. The molecule has 0 saturated heterocycles. The molecular weight excluding hydrogens is 1000 g/mol. The molecule has 0 saturated carbocycles. The molecule has 0 aromatic heterocycles. The van der Waals surface area contributed by atoms with E-state index in [1.807, 2.05) is 12.1 Å². The van der Waals surface area contributed by atoms with Crippen molar-refractivity contribution in [1.29, 1.82) is 10.5 Å². The Bertz CT molecular complexity index is 1980. The fourth-order valence-electron chi connectivity index (χ4n) is 3.97. The van der Waals surface area contributed by atoms with Crippen LogP contribution in [0.5, 0.6) is 34.5 Å². The van der Waals surface area contributed by atoms with Crippen molar-refractivity contribution in [3.8, 4) is 46.9 Å². The summed E-state index contributed by atoms with van der Waals surface area (Å²) in [4.78, 5) is 22.0. The topological polar surface area (TPSA) is 358 Å². The standard InChI is InChI=1S/2C18H20N2O3.2C2N3.4CH4O.Mn.2Ni/c2*1-23-17-9-4-7-15(18(17)22)13-20-11-5-10-19-12-14-6-2-3-8-16(14)21;2*3-1-5-2-4;4*1-2;;;/h2*2-4,6-9,12-13,21-22H,5,10-11H2,1H3;;;4*2H,1H3;;;/q;;2*-1;;;;;3*+2/p-4. The molecule has 4 rings (SSSR count). The number of rotatable bonds is 14. The third-order valence-electron chi connectivity index (χ3n) is 6.57. The van der Waals surface area contributed by atoms with E-state index in [0.29, 0.717) is 59.9 Å². The number of hydrogen-bond donors (Lipinski definition) is 4. The van der Waals surface area contributed by atoms with E-state index >= 15 is 0 Å². The number of ether oxygens (including phenoxy) is 2. The van der Waals surface area contributed by atoms with Gasteiger partial charge in [-0.15, -0.1) is 23.5 Å². The Hall–Kier alpha value is -6.55. The molecule has 0 atom stereocenters. The van der Waals surface area contributed by atoms with Crippen LogP contribution in [0.3, 0.4) is 0 Å².